The number of carbonyl (C=O) groups excluding carboxylic acids is 1. The Kier molecular flexibility index (Phi) is 4.88. The number of nitrogens with zero attached hydrogens (tertiary/aromatic N) is 3. The Hall–Kier alpha value is -3.48. The van der Waals surface area contributed by atoms with Crippen LogP contribution >= 0.6 is 0 Å². The molecule has 0 fully saturated rings. The van der Waals surface area contributed by atoms with Crippen molar-refractivity contribution in [3.05, 3.63) is 82.0 Å². The van der Waals surface area contributed by atoms with Crippen LogP contribution in [0.3, 0.4) is 0 Å². The van der Waals surface area contributed by atoms with E-state index in [-0.39, 0.29) is 17.3 Å². The Bertz CT molecular complexity index is 1260. The van der Waals surface area contributed by atoms with E-state index in [4.69, 9.17) is 0 Å². The predicted octanol–water partition coefficient (Wildman–Crippen LogP) is 3.36. The molecule has 29 heavy (non-hydrogen) atoms. The second-order valence-corrected chi connectivity index (χ2v) is 7.00. The third-order valence-electron chi connectivity index (χ3n) is 5.05. The highest BCUT2D eigenvalue weighted by Gasteiger charge is 2.24. The number of hydrogen-bond acceptors (Lipinski definition) is 3. The summed E-state index contributed by atoms with van der Waals surface area (Å²) in [6.07, 6.45) is 0.550. The number of amides is 1. The van der Waals surface area contributed by atoms with Crippen LogP contribution in [0.1, 0.15) is 30.6 Å². The first kappa shape index (κ1) is 18.9. The molecule has 2 heterocycles. The first-order valence-corrected chi connectivity index (χ1v) is 9.51. The Morgan fingerprint density at radius 1 is 1.17 bits per heavy atom. The molecule has 0 spiro atoms. The normalized spacial score (nSPS) is 12.4. The van der Waals surface area contributed by atoms with E-state index in [1.54, 1.807) is 12.1 Å². The van der Waals surface area contributed by atoms with E-state index in [9.17, 15) is 14.0 Å². The van der Waals surface area contributed by atoms with E-state index in [1.165, 1.54) is 18.2 Å². The summed E-state index contributed by atoms with van der Waals surface area (Å²) in [4.78, 5) is 29.2. The number of aromatic nitrogens is 3. The van der Waals surface area contributed by atoms with Crippen LogP contribution in [0.15, 0.2) is 59.4 Å². The van der Waals surface area contributed by atoms with Gasteiger partial charge >= 0.3 is 0 Å². The Morgan fingerprint density at radius 3 is 2.62 bits per heavy atom. The zero-order chi connectivity index (χ0) is 20.5. The molecule has 6 nitrogen and oxygen atoms in total. The minimum absolute atomic E-state index is 0.155. The van der Waals surface area contributed by atoms with Gasteiger partial charge in [-0.1, -0.05) is 31.2 Å². The molecule has 0 aliphatic rings. The van der Waals surface area contributed by atoms with E-state index < -0.39 is 6.04 Å². The zero-order valence-electron chi connectivity index (χ0n) is 16.2. The number of aryl methyl sites for hydroxylation is 1. The van der Waals surface area contributed by atoms with E-state index in [0.29, 0.717) is 24.3 Å². The van der Waals surface area contributed by atoms with Gasteiger partial charge in [0.2, 0.25) is 5.91 Å². The Labute approximate surface area is 166 Å². The lowest BCUT2D eigenvalue weighted by Crippen LogP contribution is -2.34. The largest absolute Gasteiger partial charge is 0.350 e. The maximum Gasteiger partial charge on any atom is 0.273 e. The molecule has 2 aromatic heterocycles. The minimum atomic E-state index is -0.499. The van der Waals surface area contributed by atoms with Crippen molar-refractivity contribution in [2.45, 2.75) is 32.9 Å². The van der Waals surface area contributed by atoms with Crippen LogP contribution in [-0.4, -0.2) is 20.1 Å². The van der Waals surface area contributed by atoms with Crippen LogP contribution in [0.5, 0.6) is 0 Å². The number of rotatable bonds is 5. The van der Waals surface area contributed by atoms with Crippen molar-refractivity contribution in [3.8, 4) is 0 Å². The smallest absolute Gasteiger partial charge is 0.273 e. The fourth-order valence-electron chi connectivity index (χ4n) is 3.69. The van der Waals surface area contributed by atoms with Crippen LogP contribution in [0.2, 0.25) is 0 Å². The van der Waals surface area contributed by atoms with Gasteiger partial charge in [-0.25, -0.2) is 8.91 Å². The molecule has 0 saturated heterocycles. The lowest BCUT2D eigenvalue weighted by Gasteiger charge is -2.20. The summed E-state index contributed by atoms with van der Waals surface area (Å²) in [6, 6.07) is 14.6. The SMILES string of the molecule is CCC(C(=O)NCc1ccc(F)cc1)n1c2ccccc2c2nc(=O)cc(C)n21. The van der Waals surface area contributed by atoms with Crippen LogP contribution in [-0.2, 0) is 11.3 Å². The van der Waals surface area contributed by atoms with Gasteiger partial charge in [0, 0.05) is 23.7 Å². The van der Waals surface area contributed by atoms with E-state index in [2.05, 4.69) is 10.3 Å². The number of halogens is 1. The average Bonchev–Trinajstić information content (AvgIpc) is 3.03. The second-order valence-electron chi connectivity index (χ2n) is 7.00. The molecule has 0 aliphatic carbocycles. The van der Waals surface area contributed by atoms with Gasteiger partial charge in [-0.3, -0.25) is 14.3 Å². The highest BCUT2D eigenvalue weighted by atomic mass is 19.1. The average molecular weight is 392 g/mol. The second kappa shape index (κ2) is 7.50. The number of carbonyl (C=O) groups is 1. The summed E-state index contributed by atoms with van der Waals surface area (Å²) in [5.74, 6) is -0.466. The summed E-state index contributed by atoms with van der Waals surface area (Å²) in [5.41, 5.74) is 2.59. The number of benzene rings is 2. The minimum Gasteiger partial charge on any atom is -0.350 e. The van der Waals surface area contributed by atoms with Crippen molar-refractivity contribution in [2.75, 3.05) is 0 Å². The molecule has 2 aromatic carbocycles. The predicted molar refractivity (Wildman–Crippen MR) is 109 cm³/mol. The summed E-state index contributed by atoms with van der Waals surface area (Å²) in [6.45, 7) is 4.07. The molecule has 4 aromatic rings. The number of hydrogen-bond donors (Lipinski definition) is 1. The van der Waals surface area contributed by atoms with Crippen LogP contribution in [0.25, 0.3) is 16.6 Å². The van der Waals surface area contributed by atoms with Crippen LogP contribution in [0, 0.1) is 12.7 Å². The molecule has 1 unspecified atom stereocenters. The molecule has 1 atom stereocenters. The molecule has 148 valence electrons. The highest BCUT2D eigenvalue weighted by Crippen LogP contribution is 2.26. The van der Waals surface area contributed by atoms with Gasteiger partial charge in [0.25, 0.3) is 5.56 Å². The lowest BCUT2D eigenvalue weighted by molar-refractivity contribution is -0.124. The zero-order valence-corrected chi connectivity index (χ0v) is 16.2. The Balaban J connectivity index is 1.77. The molecule has 0 saturated carbocycles. The molecule has 1 N–H and O–H groups in total. The van der Waals surface area contributed by atoms with Crippen molar-refractivity contribution < 1.29 is 9.18 Å². The van der Waals surface area contributed by atoms with Gasteiger partial charge < -0.3 is 5.32 Å². The van der Waals surface area contributed by atoms with Crippen molar-refractivity contribution >= 4 is 22.5 Å². The standard InChI is InChI=1S/C22H21FN4O2/c1-3-18(22(29)24-13-15-8-10-16(23)11-9-15)27-19-7-5-4-6-17(19)21-25-20(28)12-14(2)26(21)27/h4-12,18H,3,13H2,1-2H3,(H,24,29). The van der Waals surface area contributed by atoms with Gasteiger partial charge in [0.05, 0.1) is 5.52 Å². The van der Waals surface area contributed by atoms with E-state index in [1.807, 2.05) is 47.3 Å². The third-order valence-corrected chi connectivity index (χ3v) is 5.05. The van der Waals surface area contributed by atoms with E-state index in [0.717, 1.165) is 16.5 Å². The van der Waals surface area contributed by atoms with Gasteiger partial charge in [-0.15, -0.1) is 0 Å². The summed E-state index contributed by atoms with van der Waals surface area (Å²) in [5, 5.41) is 3.76. The maximum atomic E-state index is 13.1. The highest BCUT2D eigenvalue weighted by molar-refractivity contribution is 5.94. The molecular weight excluding hydrogens is 371 g/mol. The Morgan fingerprint density at radius 2 is 1.90 bits per heavy atom. The quantitative estimate of drug-likeness (QED) is 0.566. The number of para-hydroxylation sites is 1. The van der Waals surface area contributed by atoms with Gasteiger partial charge in [0.15, 0.2) is 5.65 Å². The van der Waals surface area contributed by atoms with Crippen molar-refractivity contribution in [1.82, 2.24) is 19.5 Å². The molecule has 0 bridgehead atoms. The van der Waals surface area contributed by atoms with Crippen molar-refractivity contribution in [1.29, 1.82) is 0 Å². The van der Waals surface area contributed by atoms with E-state index >= 15 is 0 Å². The topological polar surface area (TPSA) is 68.4 Å². The van der Waals surface area contributed by atoms with Gasteiger partial charge in [0.1, 0.15) is 11.9 Å². The molecule has 4 rings (SSSR count). The fraction of sp³-hybridized carbons (Fsp3) is 0.227. The molecule has 1 amide bonds. The summed E-state index contributed by atoms with van der Waals surface area (Å²) in [7, 11) is 0. The number of fused-ring (bicyclic) bond motifs is 3. The van der Waals surface area contributed by atoms with Crippen LogP contribution in [0.4, 0.5) is 4.39 Å². The van der Waals surface area contributed by atoms with Gasteiger partial charge in [-0.2, -0.15) is 4.98 Å². The van der Waals surface area contributed by atoms with Gasteiger partial charge in [-0.05, 0) is 43.2 Å². The van der Waals surface area contributed by atoms with Crippen LogP contribution < -0.4 is 10.9 Å². The first-order valence-electron chi connectivity index (χ1n) is 9.51. The lowest BCUT2D eigenvalue weighted by atomic mass is 10.1. The summed E-state index contributed by atoms with van der Waals surface area (Å²) < 4.78 is 16.8. The van der Waals surface area contributed by atoms with Crippen molar-refractivity contribution in [3.63, 3.8) is 0 Å². The molecular formula is C22H21FN4O2. The number of nitrogens with one attached hydrogen (secondary N) is 1. The third kappa shape index (κ3) is 3.40. The fourth-order valence-corrected chi connectivity index (χ4v) is 3.69. The first-order chi connectivity index (χ1) is 14.0. The maximum absolute atomic E-state index is 13.1. The summed E-state index contributed by atoms with van der Waals surface area (Å²) >= 11 is 0. The monoisotopic (exact) mass is 392 g/mol. The van der Waals surface area contributed by atoms with Crippen molar-refractivity contribution in [2.24, 2.45) is 0 Å². The molecule has 0 aliphatic heterocycles. The molecule has 0 radical (unpaired) electrons. The molecule has 7 heteroatoms.